The molecule has 5 atom stereocenters. The van der Waals surface area contributed by atoms with Gasteiger partial charge in [-0.2, -0.15) is 0 Å². The molecule has 0 aromatic rings. The Hall–Kier alpha value is -1.68. The Balaban J connectivity index is 3.11. The maximum atomic E-state index is 11.4. The maximum Gasteiger partial charge on any atom is 0.303 e. The standard InChI is InChI=1S/C14H19BrO9/c1-6(16)20-5-10-11(21-7(2)17)12(22-8(3)18)13(14(15)24-10)23-9(4)19/h10-14H,5H2,1-4H3/t10-,11+,12-,13-,14-/m1/s1. The van der Waals surface area contributed by atoms with Crippen molar-refractivity contribution in [1.82, 2.24) is 0 Å². The average Bonchev–Trinajstić information content (AvgIpc) is 2.42. The zero-order chi connectivity index (χ0) is 18.4. The number of ether oxygens (including phenoxy) is 5. The zero-order valence-corrected chi connectivity index (χ0v) is 15.2. The zero-order valence-electron chi connectivity index (χ0n) is 13.6. The molecule has 0 spiro atoms. The number of esters is 4. The molecule has 0 unspecified atom stereocenters. The fraction of sp³-hybridized carbons (Fsp3) is 0.714. The van der Waals surface area contributed by atoms with E-state index < -0.39 is 53.3 Å². The van der Waals surface area contributed by atoms with Crippen molar-refractivity contribution in [2.24, 2.45) is 0 Å². The first-order valence-corrected chi connectivity index (χ1v) is 7.98. The lowest BCUT2D eigenvalue weighted by atomic mass is 9.99. The highest BCUT2D eigenvalue weighted by atomic mass is 79.9. The van der Waals surface area contributed by atoms with Crippen LogP contribution >= 0.6 is 15.9 Å². The molecule has 0 aromatic heterocycles. The third-order valence-electron chi connectivity index (χ3n) is 2.93. The van der Waals surface area contributed by atoms with E-state index in [9.17, 15) is 19.2 Å². The summed E-state index contributed by atoms with van der Waals surface area (Å²) in [7, 11) is 0. The summed E-state index contributed by atoms with van der Waals surface area (Å²) in [6, 6.07) is 0. The van der Waals surface area contributed by atoms with E-state index in [2.05, 4.69) is 15.9 Å². The van der Waals surface area contributed by atoms with Crippen molar-refractivity contribution in [1.29, 1.82) is 0 Å². The van der Waals surface area contributed by atoms with Gasteiger partial charge in [0, 0.05) is 27.7 Å². The van der Waals surface area contributed by atoms with E-state index >= 15 is 0 Å². The van der Waals surface area contributed by atoms with Crippen LogP contribution in [0.3, 0.4) is 0 Å². The minimum atomic E-state index is -1.13. The number of hydrogen-bond donors (Lipinski definition) is 0. The molecule has 136 valence electrons. The Morgan fingerprint density at radius 1 is 0.792 bits per heavy atom. The minimum Gasteiger partial charge on any atom is -0.463 e. The molecular weight excluding hydrogens is 392 g/mol. The van der Waals surface area contributed by atoms with Gasteiger partial charge in [0.15, 0.2) is 23.3 Å². The van der Waals surface area contributed by atoms with Crippen LogP contribution in [0.5, 0.6) is 0 Å². The van der Waals surface area contributed by atoms with Crippen molar-refractivity contribution in [3.8, 4) is 0 Å². The van der Waals surface area contributed by atoms with Crippen molar-refractivity contribution in [2.45, 2.75) is 57.1 Å². The number of carbonyl (C=O) groups is 4. The van der Waals surface area contributed by atoms with Gasteiger partial charge >= 0.3 is 23.9 Å². The van der Waals surface area contributed by atoms with Gasteiger partial charge in [-0.1, -0.05) is 15.9 Å². The fourth-order valence-electron chi connectivity index (χ4n) is 2.18. The molecule has 0 saturated carbocycles. The summed E-state index contributed by atoms with van der Waals surface area (Å²) in [4.78, 5) is 45.1. The van der Waals surface area contributed by atoms with E-state index in [0.29, 0.717) is 0 Å². The van der Waals surface area contributed by atoms with Gasteiger partial charge in [0.05, 0.1) is 0 Å². The van der Waals surface area contributed by atoms with Crippen LogP contribution in [0.2, 0.25) is 0 Å². The molecule has 1 aliphatic rings. The Labute approximate surface area is 147 Å². The smallest absolute Gasteiger partial charge is 0.303 e. The molecule has 1 fully saturated rings. The Kier molecular flexibility index (Phi) is 7.61. The van der Waals surface area contributed by atoms with Crippen LogP contribution in [-0.4, -0.2) is 59.9 Å². The van der Waals surface area contributed by atoms with Crippen LogP contribution in [0, 0.1) is 0 Å². The van der Waals surface area contributed by atoms with Crippen LogP contribution in [0.4, 0.5) is 0 Å². The Bertz CT molecular complexity index is 506. The number of alkyl halides is 1. The van der Waals surface area contributed by atoms with Gasteiger partial charge in [-0.25, -0.2) is 0 Å². The molecule has 0 bridgehead atoms. The Morgan fingerprint density at radius 3 is 1.71 bits per heavy atom. The normalized spacial score (nSPS) is 29.3. The second-order valence-corrected chi connectivity index (χ2v) is 5.95. The largest absolute Gasteiger partial charge is 0.463 e. The Morgan fingerprint density at radius 2 is 1.25 bits per heavy atom. The highest BCUT2D eigenvalue weighted by Gasteiger charge is 2.51. The monoisotopic (exact) mass is 410 g/mol. The molecule has 9 nitrogen and oxygen atoms in total. The number of hydrogen-bond acceptors (Lipinski definition) is 9. The van der Waals surface area contributed by atoms with Gasteiger partial charge in [-0.05, 0) is 0 Å². The minimum absolute atomic E-state index is 0.236. The van der Waals surface area contributed by atoms with Crippen LogP contribution in [0.1, 0.15) is 27.7 Å². The van der Waals surface area contributed by atoms with Crippen LogP contribution < -0.4 is 0 Å². The third-order valence-corrected chi connectivity index (χ3v) is 3.67. The summed E-state index contributed by atoms with van der Waals surface area (Å²) < 4.78 is 25.9. The van der Waals surface area contributed by atoms with Crippen molar-refractivity contribution in [3.63, 3.8) is 0 Å². The van der Waals surface area contributed by atoms with Gasteiger partial charge in [-0.15, -0.1) is 0 Å². The lowest BCUT2D eigenvalue weighted by Gasteiger charge is -2.42. The molecule has 1 aliphatic heterocycles. The van der Waals surface area contributed by atoms with Crippen molar-refractivity contribution in [2.75, 3.05) is 6.61 Å². The highest BCUT2D eigenvalue weighted by molar-refractivity contribution is 9.09. The number of halogens is 1. The molecule has 1 rings (SSSR count). The molecule has 1 heterocycles. The lowest BCUT2D eigenvalue weighted by molar-refractivity contribution is -0.236. The summed E-state index contributed by atoms with van der Waals surface area (Å²) >= 11 is 3.18. The average molecular weight is 411 g/mol. The van der Waals surface area contributed by atoms with Crippen LogP contribution in [0.15, 0.2) is 0 Å². The molecule has 0 aromatic carbocycles. The molecule has 0 aliphatic carbocycles. The molecule has 24 heavy (non-hydrogen) atoms. The van der Waals surface area contributed by atoms with E-state index in [1.54, 1.807) is 0 Å². The van der Waals surface area contributed by atoms with Crippen molar-refractivity contribution in [3.05, 3.63) is 0 Å². The topological polar surface area (TPSA) is 114 Å². The number of carbonyl (C=O) groups excluding carboxylic acids is 4. The van der Waals surface area contributed by atoms with Crippen molar-refractivity contribution >= 4 is 39.8 Å². The maximum absolute atomic E-state index is 11.4. The van der Waals surface area contributed by atoms with Gasteiger partial charge in [0.2, 0.25) is 0 Å². The predicted molar refractivity (Wildman–Crippen MR) is 80.9 cm³/mol. The third kappa shape index (κ3) is 6.08. The molecule has 0 N–H and O–H groups in total. The second-order valence-electron chi connectivity index (χ2n) is 5.05. The van der Waals surface area contributed by atoms with E-state index in [1.807, 2.05) is 0 Å². The van der Waals surface area contributed by atoms with Gasteiger partial charge in [-0.3, -0.25) is 19.2 Å². The van der Waals surface area contributed by atoms with E-state index in [1.165, 1.54) is 13.8 Å². The molecule has 10 heteroatoms. The molecule has 0 amide bonds. The lowest BCUT2D eigenvalue weighted by Crippen LogP contribution is -2.60. The number of rotatable bonds is 5. The summed E-state index contributed by atoms with van der Waals surface area (Å²) in [5, 5.41) is -0.863. The quantitative estimate of drug-likeness (QED) is 0.362. The highest BCUT2D eigenvalue weighted by Crippen LogP contribution is 2.31. The first kappa shape index (κ1) is 20.4. The van der Waals surface area contributed by atoms with Gasteiger partial charge < -0.3 is 23.7 Å². The van der Waals surface area contributed by atoms with Crippen molar-refractivity contribution < 1.29 is 42.9 Å². The summed E-state index contributed by atoms with van der Waals surface area (Å²) in [6.45, 7) is 4.47. The first-order valence-electron chi connectivity index (χ1n) is 7.06. The van der Waals surface area contributed by atoms with E-state index in [4.69, 9.17) is 23.7 Å². The van der Waals surface area contributed by atoms with Crippen LogP contribution in [0.25, 0.3) is 0 Å². The van der Waals surface area contributed by atoms with E-state index in [-0.39, 0.29) is 6.61 Å². The fourth-order valence-corrected chi connectivity index (χ4v) is 2.86. The summed E-state index contributed by atoms with van der Waals surface area (Å²) in [5.41, 5.74) is 0. The molecular formula is C14H19BrO9. The molecule has 0 radical (unpaired) electrons. The summed E-state index contributed by atoms with van der Waals surface area (Å²) in [6.07, 6.45) is -4.22. The van der Waals surface area contributed by atoms with Gasteiger partial charge in [0.1, 0.15) is 12.7 Å². The first-order chi connectivity index (χ1) is 11.1. The summed E-state index contributed by atoms with van der Waals surface area (Å²) in [5.74, 6) is -2.52. The van der Waals surface area contributed by atoms with Crippen LogP contribution in [-0.2, 0) is 42.9 Å². The molecule has 1 saturated heterocycles. The van der Waals surface area contributed by atoms with Gasteiger partial charge in [0.25, 0.3) is 0 Å². The SMILES string of the molecule is CC(=O)OC[C@H]1O[C@@H](Br)[C@H](OC(C)=O)[C@H](OC(C)=O)[C@H]1OC(C)=O. The second kappa shape index (κ2) is 8.97. The predicted octanol–water partition coefficient (Wildman–Crippen LogP) is 0.464. The van der Waals surface area contributed by atoms with E-state index in [0.717, 1.165) is 13.8 Å².